The van der Waals surface area contributed by atoms with E-state index >= 15 is 0 Å². The Morgan fingerprint density at radius 2 is 2.14 bits per heavy atom. The van der Waals surface area contributed by atoms with E-state index in [0.717, 1.165) is 5.56 Å². The normalized spacial score (nSPS) is 10.0. The Morgan fingerprint density at radius 1 is 1.38 bits per heavy atom. The predicted molar refractivity (Wildman–Crippen MR) is 76.9 cm³/mol. The first-order valence-corrected chi connectivity index (χ1v) is 6.51. The first-order valence-electron chi connectivity index (χ1n) is 6.51. The largest absolute Gasteiger partial charge is 0.438 e. The quantitative estimate of drug-likeness (QED) is 0.934. The first kappa shape index (κ1) is 14.7. The molecule has 0 saturated heterocycles. The minimum atomic E-state index is -0.619. The van der Waals surface area contributed by atoms with Gasteiger partial charge in [-0.15, -0.1) is 0 Å². The van der Waals surface area contributed by atoms with E-state index in [1.165, 1.54) is 18.2 Å². The molecule has 2 rings (SSSR count). The van der Waals surface area contributed by atoms with Gasteiger partial charge >= 0.3 is 0 Å². The smallest absolute Gasteiger partial charge is 0.227 e. The summed E-state index contributed by atoms with van der Waals surface area (Å²) in [5.74, 6) is 1.35. The maximum Gasteiger partial charge on any atom is 0.227 e. The highest BCUT2D eigenvalue weighted by Gasteiger charge is 2.12. The van der Waals surface area contributed by atoms with Crippen molar-refractivity contribution in [3.63, 3.8) is 0 Å². The average Bonchev–Trinajstić information content (AvgIpc) is 2.49. The lowest BCUT2D eigenvalue weighted by Crippen LogP contribution is -2.04. The van der Waals surface area contributed by atoms with E-state index < -0.39 is 5.82 Å². The number of nitriles is 1. The van der Waals surface area contributed by atoms with Gasteiger partial charge in [-0.25, -0.2) is 9.37 Å². The number of hydrogen-bond donors (Lipinski definition) is 1. The molecule has 1 N–H and O–H groups in total. The maximum absolute atomic E-state index is 13.6. The molecule has 1 heterocycles. The fourth-order valence-electron chi connectivity index (χ4n) is 1.80. The van der Waals surface area contributed by atoms with Crippen molar-refractivity contribution in [3.8, 4) is 17.7 Å². The molecule has 0 aliphatic rings. The zero-order valence-electron chi connectivity index (χ0n) is 12.1. The van der Waals surface area contributed by atoms with E-state index in [1.54, 1.807) is 13.1 Å². The summed E-state index contributed by atoms with van der Waals surface area (Å²) in [5, 5.41) is 11.7. The molecule has 108 valence electrons. The Kier molecular flexibility index (Phi) is 4.33. The summed E-state index contributed by atoms with van der Waals surface area (Å²) in [6.45, 7) is 3.76. The Hall–Kier alpha value is -2.68. The number of aryl methyl sites for hydroxylation is 1. The SMILES string of the molecule is CCc1nc(NC)c(C)c(Oc2ccc(C#N)c(F)c2)n1. The summed E-state index contributed by atoms with van der Waals surface area (Å²) in [5.41, 5.74) is 0.714. The van der Waals surface area contributed by atoms with Gasteiger partial charge in [0.1, 0.15) is 29.3 Å². The number of aromatic nitrogens is 2. The van der Waals surface area contributed by atoms with Gasteiger partial charge in [-0.1, -0.05) is 6.92 Å². The number of halogens is 1. The molecule has 0 fully saturated rings. The van der Waals surface area contributed by atoms with E-state index in [-0.39, 0.29) is 11.3 Å². The number of benzene rings is 1. The molecule has 0 saturated carbocycles. The van der Waals surface area contributed by atoms with Crippen LogP contribution in [-0.2, 0) is 6.42 Å². The number of nitrogens with zero attached hydrogens (tertiary/aromatic N) is 3. The van der Waals surface area contributed by atoms with Crippen molar-refractivity contribution in [3.05, 3.63) is 41.0 Å². The summed E-state index contributed by atoms with van der Waals surface area (Å²) in [6.07, 6.45) is 0.660. The van der Waals surface area contributed by atoms with Crippen LogP contribution in [0.3, 0.4) is 0 Å². The van der Waals surface area contributed by atoms with E-state index in [9.17, 15) is 4.39 Å². The van der Waals surface area contributed by atoms with Crippen molar-refractivity contribution in [1.29, 1.82) is 5.26 Å². The van der Waals surface area contributed by atoms with Gasteiger partial charge in [0.15, 0.2) is 0 Å². The standard InChI is InChI=1S/C15H15FN4O/c1-4-13-19-14(18-3)9(2)15(20-13)21-11-6-5-10(8-17)12(16)7-11/h5-7H,4H2,1-3H3,(H,18,19,20). The summed E-state index contributed by atoms with van der Waals surface area (Å²) in [7, 11) is 1.76. The summed E-state index contributed by atoms with van der Waals surface area (Å²) >= 11 is 0. The van der Waals surface area contributed by atoms with Crippen LogP contribution < -0.4 is 10.1 Å². The second kappa shape index (κ2) is 6.18. The lowest BCUT2D eigenvalue weighted by molar-refractivity contribution is 0.450. The van der Waals surface area contributed by atoms with E-state index in [4.69, 9.17) is 10.00 Å². The lowest BCUT2D eigenvalue weighted by Gasteiger charge is -2.12. The summed E-state index contributed by atoms with van der Waals surface area (Å²) in [6, 6.07) is 5.85. The van der Waals surface area contributed by atoms with Crippen LogP contribution in [-0.4, -0.2) is 17.0 Å². The van der Waals surface area contributed by atoms with Crippen molar-refractivity contribution in [1.82, 2.24) is 9.97 Å². The van der Waals surface area contributed by atoms with Crippen LogP contribution in [0.15, 0.2) is 18.2 Å². The van der Waals surface area contributed by atoms with Gasteiger partial charge in [0.05, 0.1) is 11.1 Å². The molecule has 0 atom stereocenters. The molecule has 0 radical (unpaired) electrons. The Bertz CT molecular complexity index is 710. The third kappa shape index (κ3) is 3.08. The molecular weight excluding hydrogens is 271 g/mol. The topological polar surface area (TPSA) is 70.8 Å². The predicted octanol–water partition coefficient (Wildman–Crippen LogP) is 3.19. The number of anilines is 1. The molecule has 0 bridgehead atoms. The van der Waals surface area contributed by atoms with Gasteiger partial charge in [-0.05, 0) is 19.1 Å². The lowest BCUT2D eigenvalue weighted by atomic mass is 10.2. The second-order valence-corrected chi connectivity index (χ2v) is 4.38. The Balaban J connectivity index is 2.39. The van der Waals surface area contributed by atoms with Crippen LogP contribution in [0.4, 0.5) is 10.2 Å². The van der Waals surface area contributed by atoms with Gasteiger partial charge in [0.2, 0.25) is 5.88 Å². The number of nitrogens with one attached hydrogen (secondary N) is 1. The Morgan fingerprint density at radius 3 is 2.71 bits per heavy atom. The first-order chi connectivity index (χ1) is 10.1. The molecule has 0 aliphatic carbocycles. The van der Waals surface area contributed by atoms with Crippen molar-refractivity contribution in [2.45, 2.75) is 20.3 Å². The number of rotatable bonds is 4. The number of ether oxygens (including phenoxy) is 1. The van der Waals surface area contributed by atoms with Crippen molar-refractivity contribution in [2.24, 2.45) is 0 Å². The summed E-state index contributed by atoms with van der Waals surface area (Å²) < 4.78 is 19.2. The second-order valence-electron chi connectivity index (χ2n) is 4.38. The molecule has 1 aromatic heterocycles. The summed E-state index contributed by atoms with van der Waals surface area (Å²) in [4.78, 5) is 8.64. The third-order valence-electron chi connectivity index (χ3n) is 2.98. The fraction of sp³-hybridized carbons (Fsp3) is 0.267. The molecular formula is C15H15FN4O. The minimum Gasteiger partial charge on any atom is -0.438 e. The molecule has 21 heavy (non-hydrogen) atoms. The van der Waals surface area contributed by atoms with Crippen LogP contribution in [0.2, 0.25) is 0 Å². The molecule has 2 aromatic rings. The zero-order chi connectivity index (χ0) is 15.4. The molecule has 1 aromatic carbocycles. The third-order valence-corrected chi connectivity index (χ3v) is 2.98. The van der Waals surface area contributed by atoms with Crippen molar-refractivity contribution >= 4 is 5.82 Å². The van der Waals surface area contributed by atoms with Crippen molar-refractivity contribution < 1.29 is 9.13 Å². The average molecular weight is 286 g/mol. The monoisotopic (exact) mass is 286 g/mol. The van der Waals surface area contributed by atoms with Crippen LogP contribution in [0.5, 0.6) is 11.6 Å². The number of hydrogen-bond acceptors (Lipinski definition) is 5. The van der Waals surface area contributed by atoms with Crippen molar-refractivity contribution in [2.75, 3.05) is 12.4 Å². The molecule has 0 unspecified atom stereocenters. The van der Waals surface area contributed by atoms with E-state index in [1.807, 2.05) is 13.8 Å². The highest BCUT2D eigenvalue weighted by Crippen LogP contribution is 2.28. The van der Waals surface area contributed by atoms with Crippen LogP contribution in [0.1, 0.15) is 23.9 Å². The van der Waals surface area contributed by atoms with Gasteiger partial charge in [0, 0.05) is 19.5 Å². The molecule has 0 amide bonds. The van der Waals surface area contributed by atoms with E-state index in [2.05, 4.69) is 15.3 Å². The molecule has 0 spiro atoms. The van der Waals surface area contributed by atoms with Gasteiger partial charge in [-0.2, -0.15) is 10.2 Å². The molecule has 0 aliphatic heterocycles. The van der Waals surface area contributed by atoms with Crippen LogP contribution >= 0.6 is 0 Å². The minimum absolute atomic E-state index is 0.0214. The highest BCUT2D eigenvalue weighted by atomic mass is 19.1. The van der Waals surface area contributed by atoms with Gasteiger partial charge in [-0.3, -0.25) is 0 Å². The molecule has 6 heteroatoms. The van der Waals surface area contributed by atoms with Crippen LogP contribution in [0.25, 0.3) is 0 Å². The Labute approximate surface area is 122 Å². The van der Waals surface area contributed by atoms with E-state index in [0.29, 0.717) is 23.9 Å². The van der Waals surface area contributed by atoms with Crippen LogP contribution in [0, 0.1) is 24.1 Å². The maximum atomic E-state index is 13.6. The fourth-order valence-corrected chi connectivity index (χ4v) is 1.80. The zero-order valence-corrected chi connectivity index (χ0v) is 12.1. The van der Waals surface area contributed by atoms with Gasteiger partial charge < -0.3 is 10.1 Å². The molecule has 5 nitrogen and oxygen atoms in total. The van der Waals surface area contributed by atoms with Gasteiger partial charge in [0.25, 0.3) is 0 Å². The highest BCUT2D eigenvalue weighted by molar-refractivity contribution is 5.49.